The molecule has 0 spiro atoms. The lowest BCUT2D eigenvalue weighted by molar-refractivity contribution is 0.446. The third-order valence-corrected chi connectivity index (χ3v) is 1.92. The summed E-state index contributed by atoms with van der Waals surface area (Å²) < 4.78 is 6.97. The number of nitrogen functional groups attached to an aromatic ring is 1. The monoisotopic (exact) mass is 193 g/mol. The van der Waals surface area contributed by atoms with Crippen molar-refractivity contribution in [1.29, 1.82) is 0 Å². The number of anilines is 1. The SMILES string of the molecule is Cc1nc(Cn2cnc(N)n2)oc1C. The second kappa shape index (κ2) is 3.13. The zero-order valence-corrected chi connectivity index (χ0v) is 8.06. The van der Waals surface area contributed by atoms with E-state index >= 15 is 0 Å². The Labute approximate surface area is 80.8 Å². The molecule has 6 heteroatoms. The van der Waals surface area contributed by atoms with Gasteiger partial charge >= 0.3 is 0 Å². The molecule has 0 amide bonds. The van der Waals surface area contributed by atoms with Crippen molar-refractivity contribution in [1.82, 2.24) is 19.7 Å². The lowest BCUT2D eigenvalue weighted by Crippen LogP contribution is -2.01. The van der Waals surface area contributed by atoms with Gasteiger partial charge in [-0.15, -0.1) is 5.10 Å². The number of nitrogens with two attached hydrogens (primary N) is 1. The molecule has 14 heavy (non-hydrogen) atoms. The van der Waals surface area contributed by atoms with Gasteiger partial charge in [-0.25, -0.2) is 14.6 Å². The first kappa shape index (κ1) is 8.74. The van der Waals surface area contributed by atoms with Gasteiger partial charge in [0, 0.05) is 0 Å². The number of nitrogens with zero attached hydrogens (tertiary/aromatic N) is 4. The van der Waals surface area contributed by atoms with Gasteiger partial charge in [-0.3, -0.25) is 0 Å². The Morgan fingerprint density at radius 3 is 2.79 bits per heavy atom. The van der Waals surface area contributed by atoms with Crippen LogP contribution >= 0.6 is 0 Å². The summed E-state index contributed by atoms with van der Waals surface area (Å²) in [5.74, 6) is 1.70. The molecular weight excluding hydrogens is 182 g/mol. The summed E-state index contributed by atoms with van der Waals surface area (Å²) in [4.78, 5) is 8.02. The molecule has 0 aliphatic rings. The molecule has 2 aromatic rings. The van der Waals surface area contributed by atoms with Crippen LogP contribution in [0.4, 0.5) is 5.95 Å². The first-order chi connectivity index (χ1) is 6.65. The number of rotatable bonds is 2. The average molecular weight is 193 g/mol. The van der Waals surface area contributed by atoms with E-state index in [1.807, 2.05) is 13.8 Å². The topological polar surface area (TPSA) is 82.8 Å². The van der Waals surface area contributed by atoms with Gasteiger partial charge in [-0.1, -0.05) is 0 Å². The van der Waals surface area contributed by atoms with Crippen LogP contribution in [0.1, 0.15) is 17.3 Å². The van der Waals surface area contributed by atoms with Gasteiger partial charge < -0.3 is 10.2 Å². The van der Waals surface area contributed by atoms with Crippen LogP contribution in [0, 0.1) is 13.8 Å². The molecule has 0 radical (unpaired) electrons. The summed E-state index contributed by atoms with van der Waals surface area (Å²) in [5, 5.41) is 3.93. The van der Waals surface area contributed by atoms with Gasteiger partial charge in [-0.05, 0) is 13.8 Å². The highest BCUT2D eigenvalue weighted by molar-refractivity contribution is 5.10. The molecule has 0 atom stereocenters. The average Bonchev–Trinajstić information content (AvgIpc) is 2.62. The van der Waals surface area contributed by atoms with E-state index in [0.29, 0.717) is 12.4 Å². The first-order valence-electron chi connectivity index (χ1n) is 4.23. The van der Waals surface area contributed by atoms with E-state index in [9.17, 15) is 0 Å². The van der Waals surface area contributed by atoms with E-state index in [0.717, 1.165) is 11.5 Å². The van der Waals surface area contributed by atoms with Gasteiger partial charge in [0.15, 0.2) is 0 Å². The smallest absolute Gasteiger partial charge is 0.239 e. The van der Waals surface area contributed by atoms with Crippen molar-refractivity contribution in [3.8, 4) is 0 Å². The Bertz CT molecular complexity index is 425. The van der Waals surface area contributed by atoms with Crippen LogP contribution in [0.15, 0.2) is 10.7 Å². The van der Waals surface area contributed by atoms with Gasteiger partial charge in [0.2, 0.25) is 11.8 Å². The van der Waals surface area contributed by atoms with Gasteiger partial charge in [0.25, 0.3) is 0 Å². The molecular formula is C8H11N5O. The molecule has 6 nitrogen and oxygen atoms in total. The summed E-state index contributed by atoms with van der Waals surface area (Å²) in [7, 11) is 0. The fraction of sp³-hybridized carbons (Fsp3) is 0.375. The van der Waals surface area contributed by atoms with Crippen LogP contribution in [0.2, 0.25) is 0 Å². The maximum atomic E-state index is 5.39. The van der Waals surface area contributed by atoms with Crippen LogP contribution in [-0.4, -0.2) is 19.7 Å². The van der Waals surface area contributed by atoms with E-state index in [4.69, 9.17) is 10.2 Å². The second-order valence-corrected chi connectivity index (χ2v) is 3.05. The third kappa shape index (κ3) is 1.59. The van der Waals surface area contributed by atoms with E-state index < -0.39 is 0 Å². The minimum Gasteiger partial charge on any atom is -0.444 e. The Morgan fingerprint density at radius 2 is 2.29 bits per heavy atom. The largest absolute Gasteiger partial charge is 0.444 e. The van der Waals surface area contributed by atoms with Crippen molar-refractivity contribution in [3.05, 3.63) is 23.7 Å². The molecule has 2 heterocycles. The van der Waals surface area contributed by atoms with E-state index in [1.165, 1.54) is 0 Å². The summed E-state index contributed by atoms with van der Waals surface area (Å²) in [5.41, 5.74) is 6.27. The Kier molecular flexibility index (Phi) is 1.95. The Hall–Kier alpha value is -1.85. The van der Waals surface area contributed by atoms with Crippen molar-refractivity contribution >= 4 is 5.95 Å². The predicted octanol–water partition coefficient (Wildman–Crippen LogP) is 0.513. The molecule has 0 bridgehead atoms. The summed E-state index contributed by atoms with van der Waals surface area (Å²) >= 11 is 0. The van der Waals surface area contributed by atoms with Crippen molar-refractivity contribution in [2.45, 2.75) is 20.4 Å². The zero-order chi connectivity index (χ0) is 10.1. The zero-order valence-electron chi connectivity index (χ0n) is 8.06. The maximum absolute atomic E-state index is 5.39. The third-order valence-electron chi connectivity index (χ3n) is 1.92. The molecule has 0 aliphatic carbocycles. The van der Waals surface area contributed by atoms with Gasteiger partial charge in [-0.2, -0.15) is 0 Å². The fourth-order valence-corrected chi connectivity index (χ4v) is 1.13. The number of aromatic nitrogens is 4. The number of hydrogen-bond acceptors (Lipinski definition) is 5. The second-order valence-electron chi connectivity index (χ2n) is 3.05. The Morgan fingerprint density at radius 1 is 1.50 bits per heavy atom. The van der Waals surface area contributed by atoms with E-state index in [-0.39, 0.29) is 5.95 Å². The fourth-order valence-electron chi connectivity index (χ4n) is 1.13. The molecule has 74 valence electrons. The summed E-state index contributed by atoms with van der Waals surface area (Å²) in [6.45, 7) is 4.23. The molecule has 0 saturated carbocycles. The predicted molar refractivity (Wildman–Crippen MR) is 49.5 cm³/mol. The first-order valence-corrected chi connectivity index (χ1v) is 4.23. The van der Waals surface area contributed by atoms with Crippen molar-refractivity contribution in [3.63, 3.8) is 0 Å². The highest BCUT2D eigenvalue weighted by Gasteiger charge is 2.06. The Balaban J connectivity index is 2.18. The minimum atomic E-state index is 0.255. The van der Waals surface area contributed by atoms with Crippen molar-refractivity contribution in [2.24, 2.45) is 0 Å². The van der Waals surface area contributed by atoms with E-state index in [1.54, 1.807) is 11.0 Å². The number of aryl methyl sites for hydroxylation is 2. The number of hydrogen-bond donors (Lipinski definition) is 1. The van der Waals surface area contributed by atoms with Gasteiger partial charge in [0.1, 0.15) is 18.6 Å². The quantitative estimate of drug-likeness (QED) is 0.751. The molecule has 0 aliphatic heterocycles. The minimum absolute atomic E-state index is 0.255. The molecule has 0 unspecified atom stereocenters. The molecule has 2 aromatic heterocycles. The normalized spacial score (nSPS) is 10.7. The molecule has 0 fully saturated rings. The highest BCUT2D eigenvalue weighted by atomic mass is 16.4. The van der Waals surface area contributed by atoms with Crippen LogP contribution in [0.3, 0.4) is 0 Å². The molecule has 0 aromatic carbocycles. The lowest BCUT2D eigenvalue weighted by atomic mass is 10.4. The molecule has 0 saturated heterocycles. The van der Waals surface area contributed by atoms with Crippen LogP contribution < -0.4 is 5.73 Å². The van der Waals surface area contributed by atoms with Crippen LogP contribution in [-0.2, 0) is 6.54 Å². The molecule has 2 rings (SSSR count). The summed E-state index contributed by atoms with van der Waals surface area (Å²) in [6, 6.07) is 0. The molecule has 2 N–H and O–H groups in total. The van der Waals surface area contributed by atoms with Crippen LogP contribution in [0.25, 0.3) is 0 Å². The van der Waals surface area contributed by atoms with Crippen molar-refractivity contribution in [2.75, 3.05) is 5.73 Å². The van der Waals surface area contributed by atoms with E-state index in [2.05, 4.69) is 15.1 Å². The standard InChI is InChI=1S/C8H11N5O/c1-5-6(2)14-7(11-5)3-13-4-10-8(9)12-13/h4H,3H2,1-2H3,(H2,9,12). The van der Waals surface area contributed by atoms with Crippen LogP contribution in [0.5, 0.6) is 0 Å². The maximum Gasteiger partial charge on any atom is 0.239 e. The van der Waals surface area contributed by atoms with Gasteiger partial charge in [0.05, 0.1) is 5.69 Å². The summed E-state index contributed by atoms with van der Waals surface area (Å²) in [6.07, 6.45) is 1.55. The lowest BCUT2D eigenvalue weighted by Gasteiger charge is -1.93. The van der Waals surface area contributed by atoms with Crippen molar-refractivity contribution < 1.29 is 4.42 Å². The highest BCUT2D eigenvalue weighted by Crippen LogP contribution is 2.09. The number of oxazole rings is 1.